The van der Waals surface area contributed by atoms with Gasteiger partial charge in [-0.1, -0.05) is 0 Å². The Bertz CT molecular complexity index is 14.9. The van der Waals surface area contributed by atoms with Crippen LogP contribution in [0.25, 0.3) is 0 Å². The average Bonchev–Trinajstić information content (AvgIpc) is 0. The second kappa shape index (κ2) is 15.7. The fourth-order valence-electron chi connectivity index (χ4n) is 0. The molecule has 20 valence electrons. The van der Waals surface area contributed by atoms with Gasteiger partial charge < -0.3 is 4.28 Å². The molecule has 0 saturated carbocycles. The fourth-order valence-corrected chi connectivity index (χ4v) is 0. The van der Waals surface area contributed by atoms with Gasteiger partial charge in [0.05, 0.1) is 0 Å². The van der Waals surface area contributed by atoms with Crippen molar-refractivity contribution in [3.63, 3.8) is 0 Å². The first-order valence-corrected chi connectivity index (χ1v) is 0. The van der Waals surface area contributed by atoms with E-state index in [0.29, 0.717) is 0 Å². The van der Waals surface area contributed by atoms with Crippen LogP contribution in [0.15, 0.2) is 0 Å². The second-order valence-electron chi connectivity index (χ2n) is 0. The Hall–Kier alpha value is 4.39. The third kappa shape index (κ3) is 9.63. The predicted octanol–water partition coefficient (Wildman–Crippen LogP) is -5.67. The van der Waals surface area contributed by atoms with Gasteiger partial charge in [0.15, 0.2) is 0 Å². The molecule has 0 atom stereocenters. The maximum Gasteiger partial charge on any atom is 1.00 e. The first-order valence-electron chi connectivity index (χ1n) is 0. The van der Waals surface area contributed by atoms with Gasteiger partial charge in [0.1, 0.15) is 0 Å². The number of hydrogen-bond acceptors (Lipinski definition) is 0. The Kier molecular flexibility index (Phi) is 93.1. The minimum atomic E-state index is 0. The summed E-state index contributed by atoms with van der Waals surface area (Å²) in [6, 6.07) is 0. The molecule has 0 N–H and O–H groups in total. The summed E-state index contributed by atoms with van der Waals surface area (Å²) >= 11 is 0. The predicted molar refractivity (Wildman–Crippen MR) is 30.4 cm³/mol. The van der Waals surface area contributed by atoms with Crippen molar-refractivity contribution in [3.8, 4) is 0 Å². The minimum absolute atomic E-state index is 0. The molecule has 0 aliphatic carbocycles. The molecule has 0 aliphatic rings. The quantitative estimate of drug-likeness (QED) is 0.389. The van der Waals surface area contributed by atoms with E-state index < -0.39 is 0 Å². The molecule has 0 saturated heterocycles. The second-order valence-corrected chi connectivity index (χ2v) is 0. The standard InChI is InChI=1S/Ba.Ga.GeH4.K.6H/h;;1H4;;;;;;;/q+2;;;+1;;;;3*-1. The zero-order valence-electron chi connectivity index (χ0n) is 4.71. The smallest absolute Gasteiger partial charge is 1.00 e. The van der Waals surface area contributed by atoms with Crippen LogP contribution in [-0.2, 0) is 0 Å². The van der Waals surface area contributed by atoms with Crippen molar-refractivity contribution < 1.29 is 55.7 Å². The molecule has 0 rings (SSSR count). The van der Waals surface area contributed by atoms with Gasteiger partial charge in [0.25, 0.3) is 0 Å². The summed E-state index contributed by atoms with van der Waals surface area (Å²) in [7, 11) is 0. The Morgan fingerprint density at radius 3 is 1.25 bits per heavy atom. The van der Waals surface area contributed by atoms with Gasteiger partial charge in [-0.2, -0.15) is 0 Å². The van der Waals surface area contributed by atoms with Gasteiger partial charge >= 0.3 is 138 Å². The summed E-state index contributed by atoms with van der Waals surface area (Å²) in [6.07, 6.45) is 0. The van der Waals surface area contributed by atoms with Crippen LogP contribution in [0, 0.1) is 0 Å². The van der Waals surface area contributed by atoms with E-state index in [-0.39, 0.29) is 142 Å². The van der Waals surface area contributed by atoms with E-state index in [4.69, 9.17) is 0 Å². The van der Waals surface area contributed by atoms with E-state index >= 15 is 0 Å². The van der Waals surface area contributed by atoms with Crippen molar-refractivity contribution in [2.75, 3.05) is 0 Å². The molecule has 0 fully saturated rings. The molecule has 0 amide bonds. The molecule has 4 heavy (non-hydrogen) atoms. The van der Waals surface area contributed by atoms with Crippen molar-refractivity contribution in [1.29, 1.82) is 0 Å². The molecule has 0 aromatic carbocycles. The molecule has 4 heteroatoms. The zero-order valence-corrected chi connectivity index (χ0v) is 9.27. The first kappa shape index (κ1) is 23.8. The van der Waals surface area contributed by atoms with E-state index in [9.17, 15) is 0 Å². The summed E-state index contributed by atoms with van der Waals surface area (Å²) in [5.74, 6) is 0. The molecular weight excluding hydrogens is 319 g/mol. The van der Waals surface area contributed by atoms with Gasteiger partial charge in [0, 0.05) is 0 Å². The molecule has 0 nitrogen and oxygen atoms in total. The van der Waals surface area contributed by atoms with Crippen molar-refractivity contribution in [2.24, 2.45) is 0 Å². The van der Waals surface area contributed by atoms with Gasteiger partial charge in [-0.3, -0.25) is 0 Å². The van der Waals surface area contributed by atoms with Crippen molar-refractivity contribution >= 4 is 86.3 Å². The number of hydrogen-bond donors (Lipinski definition) is 0. The first-order chi connectivity index (χ1) is 0. The van der Waals surface area contributed by atoms with Crippen LogP contribution in [0.1, 0.15) is 4.28 Å². The van der Waals surface area contributed by atoms with Gasteiger partial charge in [-0.05, 0) is 0 Å². The van der Waals surface area contributed by atoms with Crippen LogP contribution in [0.2, 0.25) is 0 Å². The molecule has 0 radical (unpaired) electrons. The van der Waals surface area contributed by atoms with Crippen LogP contribution in [0.3, 0.4) is 0 Å². The molecule has 0 bridgehead atoms. The van der Waals surface area contributed by atoms with Crippen LogP contribution in [-0.4, -0.2) is 86.3 Å². The van der Waals surface area contributed by atoms with Gasteiger partial charge in [0.2, 0.25) is 0 Å². The minimum Gasteiger partial charge on any atom is -1.00 e. The maximum atomic E-state index is 0. The summed E-state index contributed by atoms with van der Waals surface area (Å²) in [5.41, 5.74) is 0. The van der Waals surface area contributed by atoms with Crippen LogP contribution in [0.5, 0.6) is 0 Å². The molecule has 0 spiro atoms. The number of rotatable bonds is 0. The normalized spacial score (nSPS) is 0. The van der Waals surface area contributed by atoms with E-state index in [1.54, 1.807) is 0 Å². The van der Waals surface area contributed by atoms with E-state index in [0.717, 1.165) is 0 Å². The Balaban J connectivity index is 0. The molecule has 0 aliphatic heterocycles. The Morgan fingerprint density at radius 1 is 1.25 bits per heavy atom. The third-order valence-electron chi connectivity index (χ3n) is 0. The fraction of sp³-hybridized carbons (Fsp3) is 0. The Morgan fingerprint density at radius 2 is 1.25 bits per heavy atom. The maximum absolute atomic E-state index is 0. The Labute approximate surface area is 138 Å². The molecular formula is H10BaGaGeK. The van der Waals surface area contributed by atoms with Crippen molar-refractivity contribution in [1.82, 2.24) is 0 Å². The van der Waals surface area contributed by atoms with E-state index in [1.165, 1.54) is 0 Å². The molecule has 0 aromatic heterocycles. The summed E-state index contributed by atoms with van der Waals surface area (Å²) < 4.78 is 0. The van der Waals surface area contributed by atoms with Gasteiger partial charge in [-0.15, -0.1) is 0 Å². The molecule has 0 heterocycles. The molecule has 0 aromatic rings. The monoisotopic (exact) mass is 330 g/mol. The van der Waals surface area contributed by atoms with Crippen molar-refractivity contribution in [2.45, 2.75) is 0 Å². The molecule has 0 unspecified atom stereocenters. The van der Waals surface area contributed by atoms with Gasteiger partial charge in [-0.25, -0.2) is 0 Å². The van der Waals surface area contributed by atoms with Crippen molar-refractivity contribution in [3.05, 3.63) is 0 Å². The third-order valence-corrected chi connectivity index (χ3v) is 0. The zero-order chi connectivity index (χ0) is 0. The van der Waals surface area contributed by atoms with Crippen LogP contribution >= 0.6 is 0 Å². The summed E-state index contributed by atoms with van der Waals surface area (Å²) in [6.45, 7) is 0. The largest absolute Gasteiger partial charge is 1.00 e. The summed E-state index contributed by atoms with van der Waals surface area (Å²) in [5, 5.41) is 0. The van der Waals surface area contributed by atoms with Crippen LogP contribution in [0.4, 0.5) is 0 Å². The van der Waals surface area contributed by atoms with E-state index in [2.05, 4.69) is 0 Å². The average molecular weight is 329 g/mol. The SMILES string of the molecule is [Ba+2].[GaH3].[GeH4].[H-].[H-].[H-].[K+]. The summed E-state index contributed by atoms with van der Waals surface area (Å²) in [4.78, 5) is 0. The van der Waals surface area contributed by atoms with E-state index in [1.807, 2.05) is 0 Å². The topological polar surface area (TPSA) is 0 Å². The van der Waals surface area contributed by atoms with Crippen LogP contribution < -0.4 is 51.4 Å².